The van der Waals surface area contributed by atoms with Gasteiger partial charge in [0.15, 0.2) is 0 Å². The Bertz CT molecular complexity index is 1380. The highest BCUT2D eigenvalue weighted by atomic mass is 35.5. The maximum Gasteiger partial charge on any atom is 0.253 e. The van der Waals surface area contributed by atoms with E-state index in [9.17, 15) is 9.18 Å². The van der Waals surface area contributed by atoms with E-state index >= 15 is 0 Å². The van der Waals surface area contributed by atoms with E-state index in [2.05, 4.69) is 0 Å². The Morgan fingerprint density at radius 3 is 1.92 bits per heavy atom. The van der Waals surface area contributed by atoms with E-state index in [4.69, 9.17) is 32.7 Å². The standard InChI is InChI=1S/C31H26Cl2FNO3/c1-37-27-16-4-21(5-17-27)19-35-29(22-6-10-24(32)11-7-22)30(23-8-12-25(33)13-9-23)38-28(31(35)36)18-20-2-14-26(34)15-3-20/h2-17,28-30H,18-19H2,1H3. The number of halogens is 3. The van der Waals surface area contributed by atoms with E-state index in [0.29, 0.717) is 23.0 Å². The summed E-state index contributed by atoms with van der Waals surface area (Å²) in [6.45, 7) is 0.365. The van der Waals surface area contributed by atoms with Crippen molar-refractivity contribution in [1.29, 1.82) is 0 Å². The zero-order chi connectivity index (χ0) is 26.6. The molecule has 38 heavy (non-hydrogen) atoms. The number of ether oxygens (including phenoxy) is 2. The number of morpholine rings is 1. The Kier molecular flexibility index (Phi) is 7.98. The van der Waals surface area contributed by atoms with Crippen LogP contribution in [0.25, 0.3) is 0 Å². The second kappa shape index (κ2) is 11.6. The summed E-state index contributed by atoms with van der Waals surface area (Å²) in [7, 11) is 1.62. The summed E-state index contributed by atoms with van der Waals surface area (Å²) in [5.41, 5.74) is 3.56. The van der Waals surface area contributed by atoms with Crippen LogP contribution in [0.3, 0.4) is 0 Å². The highest BCUT2D eigenvalue weighted by Crippen LogP contribution is 2.43. The summed E-state index contributed by atoms with van der Waals surface area (Å²) < 4.78 is 25.4. The summed E-state index contributed by atoms with van der Waals surface area (Å²) in [5.74, 6) is 0.271. The van der Waals surface area contributed by atoms with Crippen molar-refractivity contribution in [2.24, 2.45) is 0 Å². The topological polar surface area (TPSA) is 38.8 Å². The van der Waals surface area contributed by atoms with Crippen molar-refractivity contribution in [1.82, 2.24) is 4.90 Å². The van der Waals surface area contributed by atoms with Crippen molar-refractivity contribution >= 4 is 29.1 Å². The zero-order valence-corrected chi connectivity index (χ0v) is 22.2. The van der Waals surface area contributed by atoms with Gasteiger partial charge in [-0.05, 0) is 70.8 Å². The molecule has 5 rings (SSSR count). The molecule has 4 nitrogen and oxygen atoms in total. The molecular weight excluding hydrogens is 524 g/mol. The lowest BCUT2D eigenvalue weighted by Gasteiger charge is -2.45. The Balaban J connectivity index is 1.58. The number of carbonyl (C=O) groups excluding carboxylic acids is 1. The largest absolute Gasteiger partial charge is 0.497 e. The maximum absolute atomic E-state index is 14.1. The van der Waals surface area contributed by atoms with Crippen molar-refractivity contribution in [3.63, 3.8) is 0 Å². The molecule has 1 amide bonds. The highest BCUT2D eigenvalue weighted by molar-refractivity contribution is 6.30. The fourth-order valence-corrected chi connectivity index (χ4v) is 5.05. The van der Waals surface area contributed by atoms with Gasteiger partial charge in [-0.15, -0.1) is 0 Å². The molecule has 1 aliphatic heterocycles. The first-order valence-corrected chi connectivity index (χ1v) is 13.0. The van der Waals surface area contributed by atoms with Gasteiger partial charge >= 0.3 is 0 Å². The van der Waals surface area contributed by atoms with Gasteiger partial charge in [-0.1, -0.05) is 71.7 Å². The Hall–Kier alpha value is -3.38. The Labute approximate surface area is 231 Å². The molecule has 7 heteroatoms. The molecule has 0 aliphatic carbocycles. The lowest BCUT2D eigenvalue weighted by Crippen LogP contribution is -2.51. The van der Waals surface area contributed by atoms with Crippen molar-refractivity contribution in [2.75, 3.05) is 7.11 Å². The van der Waals surface area contributed by atoms with Crippen LogP contribution in [0.5, 0.6) is 5.75 Å². The zero-order valence-electron chi connectivity index (χ0n) is 20.7. The molecule has 4 aromatic rings. The summed E-state index contributed by atoms with van der Waals surface area (Å²) in [6.07, 6.45) is -0.923. The molecule has 1 heterocycles. The van der Waals surface area contributed by atoms with Crippen molar-refractivity contribution < 1.29 is 18.7 Å². The summed E-state index contributed by atoms with van der Waals surface area (Å²) in [4.78, 5) is 15.9. The molecule has 3 unspecified atom stereocenters. The fraction of sp³-hybridized carbons (Fsp3) is 0.194. The van der Waals surface area contributed by atoms with Gasteiger partial charge in [0.25, 0.3) is 5.91 Å². The smallest absolute Gasteiger partial charge is 0.253 e. The second-order valence-electron chi connectivity index (χ2n) is 9.24. The van der Waals surface area contributed by atoms with E-state index in [1.807, 2.05) is 77.7 Å². The van der Waals surface area contributed by atoms with E-state index in [-0.39, 0.29) is 11.7 Å². The first-order chi connectivity index (χ1) is 18.4. The van der Waals surface area contributed by atoms with Crippen LogP contribution in [-0.4, -0.2) is 24.0 Å². The predicted molar refractivity (Wildman–Crippen MR) is 147 cm³/mol. The van der Waals surface area contributed by atoms with E-state index in [1.165, 1.54) is 12.1 Å². The minimum Gasteiger partial charge on any atom is -0.497 e. The molecule has 0 spiro atoms. The first-order valence-electron chi connectivity index (χ1n) is 12.3. The van der Waals surface area contributed by atoms with E-state index < -0.39 is 18.2 Å². The monoisotopic (exact) mass is 549 g/mol. The minimum atomic E-state index is -0.761. The molecular formula is C31H26Cl2FNO3. The fourth-order valence-electron chi connectivity index (χ4n) is 4.80. The molecule has 0 aromatic heterocycles. The highest BCUT2D eigenvalue weighted by Gasteiger charge is 2.44. The number of hydrogen-bond donors (Lipinski definition) is 0. The molecule has 0 bridgehead atoms. The van der Waals surface area contributed by atoms with Gasteiger partial charge in [0.05, 0.1) is 13.2 Å². The SMILES string of the molecule is COc1ccc(CN2C(=O)C(Cc3ccc(F)cc3)OC(c3ccc(Cl)cc3)C2c2ccc(Cl)cc2)cc1. The van der Waals surface area contributed by atoms with Gasteiger partial charge in [-0.2, -0.15) is 0 Å². The number of hydrogen-bond acceptors (Lipinski definition) is 3. The van der Waals surface area contributed by atoms with Crippen molar-refractivity contribution in [2.45, 2.75) is 31.2 Å². The van der Waals surface area contributed by atoms with Crippen LogP contribution < -0.4 is 4.74 Å². The van der Waals surface area contributed by atoms with E-state index in [0.717, 1.165) is 28.0 Å². The first kappa shape index (κ1) is 26.2. The molecule has 4 aromatic carbocycles. The van der Waals surface area contributed by atoms with Gasteiger partial charge in [0, 0.05) is 23.0 Å². The van der Waals surface area contributed by atoms with Gasteiger partial charge in [-0.25, -0.2) is 4.39 Å². The van der Waals surface area contributed by atoms with Gasteiger partial charge in [-0.3, -0.25) is 4.79 Å². The Morgan fingerprint density at radius 1 is 0.789 bits per heavy atom. The molecule has 0 radical (unpaired) electrons. The number of benzene rings is 4. The molecule has 0 N–H and O–H groups in total. The summed E-state index contributed by atoms with van der Waals surface area (Å²) in [5, 5.41) is 1.22. The number of carbonyl (C=O) groups is 1. The summed E-state index contributed by atoms with van der Waals surface area (Å²) >= 11 is 12.4. The number of rotatable bonds is 7. The predicted octanol–water partition coefficient (Wildman–Crippen LogP) is 7.59. The number of nitrogens with zero attached hydrogens (tertiary/aromatic N) is 1. The van der Waals surface area contributed by atoms with Gasteiger partial charge < -0.3 is 14.4 Å². The molecule has 194 valence electrons. The molecule has 1 saturated heterocycles. The maximum atomic E-state index is 14.1. The van der Waals surface area contributed by atoms with Gasteiger partial charge in [0.2, 0.25) is 0 Å². The van der Waals surface area contributed by atoms with Crippen LogP contribution in [-0.2, 0) is 22.5 Å². The average Bonchev–Trinajstić information content (AvgIpc) is 2.93. The third-order valence-corrected chi connectivity index (χ3v) is 7.25. The van der Waals surface area contributed by atoms with Crippen LogP contribution >= 0.6 is 23.2 Å². The lowest BCUT2D eigenvalue weighted by molar-refractivity contribution is -0.175. The Morgan fingerprint density at radius 2 is 1.34 bits per heavy atom. The van der Waals surface area contributed by atoms with Crippen LogP contribution in [0.1, 0.15) is 34.4 Å². The van der Waals surface area contributed by atoms with Gasteiger partial charge in [0.1, 0.15) is 23.8 Å². The van der Waals surface area contributed by atoms with Crippen molar-refractivity contribution in [3.8, 4) is 5.75 Å². The molecule has 1 aliphatic rings. The molecule has 0 saturated carbocycles. The normalized spacial score (nSPS) is 19.4. The average molecular weight is 550 g/mol. The summed E-state index contributed by atoms with van der Waals surface area (Å²) in [6, 6.07) is 28.4. The molecule has 1 fully saturated rings. The minimum absolute atomic E-state index is 0.143. The van der Waals surface area contributed by atoms with Crippen molar-refractivity contribution in [3.05, 3.63) is 135 Å². The van der Waals surface area contributed by atoms with Crippen LogP contribution in [0.15, 0.2) is 97.1 Å². The molecule has 3 atom stereocenters. The quantitative estimate of drug-likeness (QED) is 0.238. The third-order valence-electron chi connectivity index (χ3n) is 6.75. The lowest BCUT2D eigenvalue weighted by atomic mass is 9.90. The van der Waals surface area contributed by atoms with Crippen LogP contribution in [0.2, 0.25) is 10.0 Å². The van der Waals surface area contributed by atoms with Crippen LogP contribution in [0.4, 0.5) is 4.39 Å². The second-order valence-corrected chi connectivity index (χ2v) is 10.1. The van der Waals surface area contributed by atoms with Crippen LogP contribution in [0, 0.1) is 5.82 Å². The third kappa shape index (κ3) is 5.86. The number of amides is 1. The van der Waals surface area contributed by atoms with E-state index in [1.54, 1.807) is 19.2 Å². The number of methoxy groups -OCH3 is 1.